The first-order valence-corrected chi connectivity index (χ1v) is 9.16. The van der Waals surface area contributed by atoms with Crippen molar-refractivity contribution in [2.45, 2.75) is 38.3 Å². The zero-order chi connectivity index (χ0) is 17.3. The zero-order valence-electron chi connectivity index (χ0n) is 14.8. The maximum absolute atomic E-state index is 13.4. The zero-order valence-corrected chi connectivity index (χ0v) is 14.8. The van der Waals surface area contributed by atoms with Crippen molar-refractivity contribution in [3.05, 3.63) is 53.6 Å². The van der Waals surface area contributed by atoms with Gasteiger partial charge in [-0.15, -0.1) is 0 Å². The third-order valence-corrected chi connectivity index (χ3v) is 5.72. The van der Waals surface area contributed by atoms with Crippen LogP contribution in [0.15, 0.2) is 36.7 Å². The number of likely N-dealkylation sites (tertiary alicyclic amines) is 1. The number of nitrogens with zero attached hydrogens (tertiary/aromatic N) is 3. The molecule has 1 spiro atoms. The summed E-state index contributed by atoms with van der Waals surface area (Å²) in [5.41, 5.74) is 2.64. The fourth-order valence-corrected chi connectivity index (χ4v) is 4.30. The van der Waals surface area contributed by atoms with E-state index in [-0.39, 0.29) is 11.9 Å². The predicted octanol–water partition coefficient (Wildman–Crippen LogP) is 3.17. The second-order valence-corrected chi connectivity index (χ2v) is 7.77. The van der Waals surface area contributed by atoms with Crippen molar-refractivity contribution in [2.75, 3.05) is 19.7 Å². The van der Waals surface area contributed by atoms with E-state index in [1.807, 2.05) is 24.0 Å². The SMILES string of the molecule is Cn1cc(CN2CCC3(CC2)CO[C@H](Cc2cccc(F)c2)C3)cn1. The molecule has 5 heteroatoms. The summed E-state index contributed by atoms with van der Waals surface area (Å²) in [4.78, 5) is 2.52. The van der Waals surface area contributed by atoms with Gasteiger partial charge in [-0.3, -0.25) is 9.58 Å². The highest BCUT2D eigenvalue weighted by Gasteiger charge is 2.42. The van der Waals surface area contributed by atoms with Crippen LogP contribution >= 0.6 is 0 Å². The molecule has 0 N–H and O–H groups in total. The van der Waals surface area contributed by atoms with Gasteiger partial charge in [0.1, 0.15) is 5.82 Å². The summed E-state index contributed by atoms with van der Waals surface area (Å²) in [6, 6.07) is 6.91. The lowest BCUT2D eigenvalue weighted by Gasteiger charge is -2.38. The van der Waals surface area contributed by atoms with Crippen LogP contribution in [0.2, 0.25) is 0 Å². The molecule has 0 bridgehead atoms. The number of ether oxygens (including phenoxy) is 1. The van der Waals surface area contributed by atoms with Crippen LogP contribution in [0.4, 0.5) is 4.39 Å². The normalized spacial score (nSPS) is 23.4. The van der Waals surface area contributed by atoms with Crippen molar-refractivity contribution in [1.29, 1.82) is 0 Å². The molecule has 1 atom stereocenters. The second-order valence-electron chi connectivity index (χ2n) is 7.77. The maximum Gasteiger partial charge on any atom is 0.123 e. The molecular formula is C20H26FN3O. The minimum Gasteiger partial charge on any atom is -0.377 e. The monoisotopic (exact) mass is 343 g/mol. The summed E-state index contributed by atoms with van der Waals surface area (Å²) in [6.07, 6.45) is 8.57. The Hall–Kier alpha value is -1.72. The summed E-state index contributed by atoms with van der Waals surface area (Å²) >= 11 is 0. The summed E-state index contributed by atoms with van der Waals surface area (Å²) in [5.74, 6) is -0.158. The third-order valence-electron chi connectivity index (χ3n) is 5.72. The van der Waals surface area contributed by atoms with Gasteiger partial charge in [0.2, 0.25) is 0 Å². The molecule has 1 aromatic carbocycles. The van der Waals surface area contributed by atoms with E-state index in [2.05, 4.69) is 16.2 Å². The molecular weight excluding hydrogens is 317 g/mol. The number of rotatable bonds is 4. The molecule has 0 radical (unpaired) electrons. The molecule has 2 fully saturated rings. The van der Waals surface area contributed by atoms with Crippen molar-refractivity contribution < 1.29 is 9.13 Å². The molecule has 25 heavy (non-hydrogen) atoms. The van der Waals surface area contributed by atoms with Gasteiger partial charge in [-0.2, -0.15) is 5.10 Å². The van der Waals surface area contributed by atoms with Crippen LogP contribution in [0, 0.1) is 11.2 Å². The Balaban J connectivity index is 1.29. The molecule has 2 aliphatic rings. The lowest BCUT2D eigenvalue weighted by atomic mass is 9.76. The number of halogens is 1. The molecule has 0 amide bonds. The molecule has 4 rings (SSSR count). The first-order valence-electron chi connectivity index (χ1n) is 9.16. The number of benzene rings is 1. The van der Waals surface area contributed by atoms with Crippen LogP contribution in [0.1, 0.15) is 30.4 Å². The summed E-state index contributed by atoms with van der Waals surface area (Å²) in [6.45, 7) is 4.07. The summed E-state index contributed by atoms with van der Waals surface area (Å²) in [5, 5.41) is 4.25. The minimum absolute atomic E-state index is 0.158. The molecule has 1 aromatic heterocycles. The summed E-state index contributed by atoms with van der Waals surface area (Å²) in [7, 11) is 1.96. The molecule has 2 aromatic rings. The summed E-state index contributed by atoms with van der Waals surface area (Å²) < 4.78 is 21.3. The van der Waals surface area contributed by atoms with Crippen LogP contribution in [-0.4, -0.2) is 40.5 Å². The van der Waals surface area contributed by atoms with Crippen molar-refractivity contribution in [2.24, 2.45) is 12.5 Å². The largest absolute Gasteiger partial charge is 0.377 e. The van der Waals surface area contributed by atoms with Gasteiger partial charge in [0, 0.05) is 25.4 Å². The van der Waals surface area contributed by atoms with Gasteiger partial charge in [-0.25, -0.2) is 4.39 Å². The van der Waals surface area contributed by atoms with Crippen molar-refractivity contribution in [3.63, 3.8) is 0 Å². The molecule has 3 heterocycles. The van der Waals surface area contributed by atoms with E-state index in [0.29, 0.717) is 5.41 Å². The Kier molecular flexibility index (Phi) is 4.61. The van der Waals surface area contributed by atoms with Gasteiger partial charge in [-0.05, 0) is 61.9 Å². The molecule has 134 valence electrons. The first-order chi connectivity index (χ1) is 12.1. The number of aromatic nitrogens is 2. The van der Waals surface area contributed by atoms with Crippen LogP contribution in [0.25, 0.3) is 0 Å². The van der Waals surface area contributed by atoms with Gasteiger partial charge in [-0.1, -0.05) is 12.1 Å². The topological polar surface area (TPSA) is 30.3 Å². The number of aryl methyl sites for hydroxylation is 1. The first kappa shape index (κ1) is 16.7. The quantitative estimate of drug-likeness (QED) is 0.854. The van der Waals surface area contributed by atoms with E-state index < -0.39 is 0 Å². The number of hydrogen-bond donors (Lipinski definition) is 0. The van der Waals surface area contributed by atoms with Crippen molar-refractivity contribution >= 4 is 0 Å². The Morgan fingerprint density at radius 2 is 2.12 bits per heavy atom. The molecule has 2 saturated heterocycles. The third kappa shape index (κ3) is 3.93. The van der Waals surface area contributed by atoms with E-state index >= 15 is 0 Å². The fraction of sp³-hybridized carbons (Fsp3) is 0.550. The smallest absolute Gasteiger partial charge is 0.123 e. The highest BCUT2D eigenvalue weighted by atomic mass is 19.1. The Morgan fingerprint density at radius 1 is 1.28 bits per heavy atom. The van der Waals surface area contributed by atoms with E-state index in [0.717, 1.165) is 44.6 Å². The number of piperidine rings is 1. The lowest BCUT2D eigenvalue weighted by molar-refractivity contribution is 0.0631. The molecule has 2 aliphatic heterocycles. The van der Waals surface area contributed by atoms with E-state index in [1.54, 1.807) is 12.1 Å². The maximum atomic E-state index is 13.4. The van der Waals surface area contributed by atoms with Gasteiger partial charge in [0.25, 0.3) is 0 Å². The standard InChI is InChI=1S/C20H26FN3O/c1-23-13-17(12-22-23)14-24-7-5-20(6-8-24)11-19(25-15-20)10-16-3-2-4-18(21)9-16/h2-4,9,12-13,19H,5-8,10-11,14-15H2,1H3/t19-/m1/s1. The van der Waals surface area contributed by atoms with Crippen LogP contribution < -0.4 is 0 Å². The molecule has 0 unspecified atom stereocenters. The van der Waals surface area contributed by atoms with Gasteiger partial charge < -0.3 is 4.74 Å². The molecule has 4 nitrogen and oxygen atoms in total. The van der Waals surface area contributed by atoms with Crippen LogP contribution in [0.3, 0.4) is 0 Å². The van der Waals surface area contributed by atoms with E-state index in [4.69, 9.17) is 4.74 Å². The average molecular weight is 343 g/mol. The van der Waals surface area contributed by atoms with E-state index in [1.165, 1.54) is 24.5 Å². The molecule has 0 saturated carbocycles. The Morgan fingerprint density at radius 3 is 2.84 bits per heavy atom. The highest BCUT2D eigenvalue weighted by Crippen LogP contribution is 2.42. The Bertz CT molecular complexity index is 721. The Labute approximate surface area is 148 Å². The number of hydrogen-bond acceptors (Lipinski definition) is 3. The minimum atomic E-state index is -0.158. The van der Waals surface area contributed by atoms with Gasteiger partial charge in [0.15, 0.2) is 0 Å². The average Bonchev–Trinajstić information content (AvgIpc) is 3.17. The van der Waals surface area contributed by atoms with Gasteiger partial charge in [0.05, 0.1) is 18.9 Å². The van der Waals surface area contributed by atoms with E-state index in [9.17, 15) is 4.39 Å². The lowest BCUT2D eigenvalue weighted by Crippen LogP contribution is -2.40. The fourth-order valence-electron chi connectivity index (χ4n) is 4.30. The van der Waals surface area contributed by atoms with Crippen LogP contribution in [0.5, 0.6) is 0 Å². The predicted molar refractivity (Wildman–Crippen MR) is 94.6 cm³/mol. The van der Waals surface area contributed by atoms with Crippen molar-refractivity contribution in [1.82, 2.24) is 14.7 Å². The molecule has 0 aliphatic carbocycles. The van der Waals surface area contributed by atoms with Crippen LogP contribution in [-0.2, 0) is 24.8 Å². The second kappa shape index (κ2) is 6.89. The van der Waals surface area contributed by atoms with Crippen molar-refractivity contribution in [3.8, 4) is 0 Å². The van der Waals surface area contributed by atoms with Gasteiger partial charge >= 0.3 is 0 Å². The highest BCUT2D eigenvalue weighted by molar-refractivity contribution is 5.17.